The van der Waals surface area contributed by atoms with Crippen LogP contribution in [0.4, 0.5) is 0 Å². The fourth-order valence-corrected chi connectivity index (χ4v) is 3.31. The van der Waals surface area contributed by atoms with Crippen LogP contribution >= 0.6 is 0 Å². The zero-order valence-corrected chi connectivity index (χ0v) is 15.0. The molecule has 1 saturated heterocycles. The lowest BCUT2D eigenvalue weighted by atomic mass is 9.98. The van der Waals surface area contributed by atoms with Gasteiger partial charge < -0.3 is 9.47 Å². The topological polar surface area (TPSA) is 63.9 Å². The predicted octanol–water partition coefficient (Wildman–Crippen LogP) is 2.73. The van der Waals surface area contributed by atoms with Gasteiger partial charge in [0.15, 0.2) is 0 Å². The van der Waals surface area contributed by atoms with E-state index in [-0.39, 0.29) is 5.91 Å². The average molecular weight is 347 g/mol. The third-order valence-corrected chi connectivity index (χ3v) is 4.84. The summed E-state index contributed by atoms with van der Waals surface area (Å²) in [5.41, 5.74) is 3.77. The summed E-state index contributed by atoms with van der Waals surface area (Å²) in [6, 6.07) is 7.67. The van der Waals surface area contributed by atoms with Gasteiger partial charge >= 0.3 is 0 Å². The standard InChI is InChI=1S/C20H21N5O/c1-14-3-4-18(10-22-14)20(26)24-11-16(12-24)13-25-15(2)9-23-19(25)17-5-7-21-8-6-17/h3-10,16H,11-13H2,1-2H3. The van der Waals surface area contributed by atoms with Gasteiger partial charge in [0, 0.05) is 67.3 Å². The van der Waals surface area contributed by atoms with Crippen molar-refractivity contribution in [3.05, 3.63) is 66.0 Å². The molecule has 1 fully saturated rings. The Morgan fingerprint density at radius 1 is 1.08 bits per heavy atom. The predicted molar refractivity (Wildman–Crippen MR) is 98.6 cm³/mol. The maximum atomic E-state index is 12.5. The number of pyridine rings is 2. The summed E-state index contributed by atoms with van der Waals surface area (Å²) in [4.78, 5) is 27.2. The van der Waals surface area contributed by atoms with E-state index >= 15 is 0 Å². The third kappa shape index (κ3) is 3.10. The Hall–Kier alpha value is -3.02. The molecule has 0 unspecified atom stereocenters. The molecule has 0 spiro atoms. The molecule has 0 aromatic carbocycles. The lowest BCUT2D eigenvalue weighted by Gasteiger charge is -2.39. The van der Waals surface area contributed by atoms with Crippen molar-refractivity contribution in [2.24, 2.45) is 5.92 Å². The first-order valence-corrected chi connectivity index (χ1v) is 8.76. The van der Waals surface area contributed by atoms with Gasteiger partial charge in [0.1, 0.15) is 5.82 Å². The van der Waals surface area contributed by atoms with Crippen molar-refractivity contribution >= 4 is 5.91 Å². The SMILES string of the molecule is Cc1ccc(C(=O)N2CC(Cn3c(C)cnc3-c3ccncc3)C2)cn1. The molecule has 0 atom stereocenters. The summed E-state index contributed by atoms with van der Waals surface area (Å²) in [5, 5.41) is 0. The van der Waals surface area contributed by atoms with Crippen LogP contribution in [-0.4, -0.2) is 43.4 Å². The fraction of sp³-hybridized carbons (Fsp3) is 0.300. The molecular formula is C20H21N5O. The monoisotopic (exact) mass is 347 g/mol. The molecular weight excluding hydrogens is 326 g/mol. The number of hydrogen-bond acceptors (Lipinski definition) is 4. The molecule has 4 rings (SSSR count). The molecule has 6 heteroatoms. The van der Waals surface area contributed by atoms with Gasteiger partial charge in [0.2, 0.25) is 0 Å². The minimum Gasteiger partial charge on any atom is -0.338 e. The Labute approximate surface area is 152 Å². The Balaban J connectivity index is 1.43. The first kappa shape index (κ1) is 16.4. The molecule has 0 radical (unpaired) electrons. The zero-order valence-electron chi connectivity index (χ0n) is 15.0. The molecule has 4 heterocycles. The van der Waals surface area contributed by atoms with E-state index in [1.54, 1.807) is 18.6 Å². The molecule has 3 aromatic rings. The Morgan fingerprint density at radius 3 is 2.54 bits per heavy atom. The molecule has 6 nitrogen and oxygen atoms in total. The molecule has 1 amide bonds. The van der Waals surface area contributed by atoms with Gasteiger partial charge in [-0.1, -0.05) is 0 Å². The first-order valence-electron chi connectivity index (χ1n) is 8.76. The van der Waals surface area contributed by atoms with Crippen LogP contribution < -0.4 is 0 Å². The zero-order chi connectivity index (χ0) is 18.1. The van der Waals surface area contributed by atoms with Crippen LogP contribution in [0.1, 0.15) is 21.7 Å². The number of rotatable bonds is 4. The largest absolute Gasteiger partial charge is 0.338 e. The molecule has 0 N–H and O–H groups in total. The second-order valence-electron chi connectivity index (χ2n) is 6.83. The fourth-order valence-electron chi connectivity index (χ4n) is 3.31. The number of carbonyl (C=O) groups is 1. The van der Waals surface area contributed by atoms with Crippen molar-refractivity contribution in [2.45, 2.75) is 20.4 Å². The quantitative estimate of drug-likeness (QED) is 0.728. The summed E-state index contributed by atoms with van der Waals surface area (Å²) in [6.45, 7) is 6.37. The van der Waals surface area contributed by atoms with E-state index in [0.29, 0.717) is 11.5 Å². The molecule has 0 aliphatic carbocycles. The van der Waals surface area contributed by atoms with Gasteiger partial charge in [-0.05, 0) is 38.1 Å². The van der Waals surface area contributed by atoms with E-state index in [4.69, 9.17) is 0 Å². The number of likely N-dealkylation sites (tertiary alicyclic amines) is 1. The number of aromatic nitrogens is 4. The van der Waals surface area contributed by atoms with E-state index < -0.39 is 0 Å². The smallest absolute Gasteiger partial charge is 0.255 e. The van der Waals surface area contributed by atoms with Crippen LogP contribution in [0.15, 0.2) is 49.1 Å². The number of hydrogen-bond donors (Lipinski definition) is 0. The van der Waals surface area contributed by atoms with Crippen molar-refractivity contribution < 1.29 is 4.79 Å². The van der Waals surface area contributed by atoms with E-state index in [1.165, 1.54) is 0 Å². The van der Waals surface area contributed by atoms with Crippen molar-refractivity contribution in [3.63, 3.8) is 0 Å². The Bertz CT molecular complexity index is 911. The lowest BCUT2D eigenvalue weighted by molar-refractivity contribution is 0.0468. The van der Waals surface area contributed by atoms with Gasteiger partial charge in [0.05, 0.1) is 5.56 Å². The van der Waals surface area contributed by atoms with Gasteiger partial charge in [-0.15, -0.1) is 0 Å². The van der Waals surface area contributed by atoms with Gasteiger partial charge in [0.25, 0.3) is 5.91 Å². The maximum Gasteiger partial charge on any atom is 0.255 e. The number of aryl methyl sites for hydroxylation is 2. The van der Waals surface area contributed by atoms with Crippen LogP contribution in [0, 0.1) is 19.8 Å². The summed E-state index contributed by atoms with van der Waals surface area (Å²) < 4.78 is 2.23. The molecule has 0 bridgehead atoms. The highest BCUT2D eigenvalue weighted by molar-refractivity contribution is 5.94. The molecule has 1 aliphatic heterocycles. The number of nitrogens with zero attached hydrogens (tertiary/aromatic N) is 5. The van der Waals surface area contributed by atoms with Crippen molar-refractivity contribution in [1.82, 2.24) is 24.4 Å². The average Bonchev–Trinajstić information content (AvgIpc) is 2.99. The molecule has 0 saturated carbocycles. The van der Waals surface area contributed by atoms with Crippen LogP contribution in [0.3, 0.4) is 0 Å². The van der Waals surface area contributed by atoms with Crippen LogP contribution in [0.5, 0.6) is 0 Å². The number of carbonyl (C=O) groups excluding carboxylic acids is 1. The highest BCUT2D eigenvalue weighted by atomic mass is 16.2. The second kappa shape index (κ2) is 6.71. The maximum absolute atomic E-state index is 12.5. The van der Waals surface area contributed by atoms with Crippen LogP contribution in [0.25, 0.3) is 11.4 Å². The van der Waals surface area contributed by atoms with Crippen molar-refractivity contribution in [3.8, 4) is 11.4 Å². The number of imidazole rings is 1. The lowest BCUT2D eigenvalue weighted by Crippen LogP contribution is -2.51. The molecule has 1 aliphatic rings. The van der Waals surface area contributed by atoms with E-state index in [0.717, 1.165) is 42.4 Å². The summed E-state index contributed by atoms with van der Waals surface area (Å²) in [5.74, 6) is 1.45. The van der Waals surface area contributed by atoms with Crippen molar-refractivity contribution in [2.75, 3.05) is 13.1 Å². The van der Waals surface area contributed by atoms with Gasteiger partial charge in [-0.3, -0.25) is 14.8 Å². The minimum absolute atomic E-state index is 0.0606. The van der Waals surface area contributed by atoms with Gasteiger partial charge in [-0.2, -0.15) is 0 Å². The van der Waals surface area contributed by atoms with E-state index in [2.05, 4.69) is 26.4 Å². The summed E-state index contributed by atoms with van der Waals surface area (Å²) in [7, 11) is 0. The molecule has 3 aromatic heterocycles. The first-order chi connectivity index (χ1) is 12.6. The Morgan fingerprint density at radius 2 is 1.85 bits per heavy atom. The normalized spacial score (nSPS) is 14.3. The summed E-state index contributed by atoms with van der Waals surface area (Å²) >= 11 is 0. The summed E-state index contributed by atoms with van der Waals surface area (Å²) in [6.07, 6.45) is 7.12. The van der Waals surface area contributed by atoms with Gasteiger partial charge in [-0.25, -0.2) is 4.98 Å². The minimum atomic E-state index is 0.0606. The molecule has 132 valence electrons. The van der Waals surface area contributed by atoms with Crippen LogP contribution in [-0.2, 0) is 6.54 Å². The third-order valence-electron chi connectivity index (χ3n) is 4.84. The highest BCUT2D eigenvalue weighted by Crippen LogP contribution is 2.25. The van der Waals surface area contributed by atoms with Crippen LogP contribution in [0.2, 0.25) is 0 Å². The Kier molecular flexibility index (Phi) is 4.24. The number of amides is 1. The molecule has 26 heavy (non-hydrogen) atoms. The van der Waals surface area contributed by atoms with Crippen molar-refractivity contribution in [1.29, 1.82) is 0 Å². The highest BCUT2D eigenvalue weighted by Gasteiger charge is 2.32. The van der Waals surface area contributed by atoms with E-state index in [9.17, 15) is 4.79 Å². The van der Waals surface area contributed by atoms with E-state index in [1.807, 2.05) is 42.3 Å². The second-order valence-corrected chi connectivity index (χ2v) is 6.83.